The molecule has 1 unspecified atom stereocenters. The fourth-order valence-corrected chi connectivity index (χ4v) is 2.83. The molecule has 2 rings (SSSR count). The molecule has 4 heteroatoms. The van der Waals surface area contributed by atoms with Crippen molar-refractivity contribution in [3.63, 3.8) is 0 Å². The van der Waals surface area contributed by atoms with E-state index in [9.17, 15) is 0 Å². The molecule has 0 amide bonds. The van der Waals surface area contributed by atoms with Crippen LogP contribution in [0.1, 0.15) is 23.2 Å². The van der Waals surface area contributed by atoms with Crippen LogP contribution in [0.4, 0.5) is 0 Å². The van der Waals surface area contributed by atoms with E-state index >= 15 is 0 Å². The summed E-state index contributed by atoms with van der Waals surface area (Å²) in [7, 11) is 0. The van der Waals surface area contributed by atoms with Crippen LogP contribution in [0.2, 0.25) is 0 Å². The fourth-order valence-electron chi connectivity index (χ4n) is 2.00. The lowest BCUT2D eigenvalue weighted by molar-refractivity contribution is 0.264. The van der Waals surface area contributed by atoms with Crippen molar-refractivity contribution in [3.05, 3.63) is 16.1 Å². The Morgan fingerprint density at radius 1 is 1.67 bits per heavy atom. The monoisotopic (exact) mass is 225 g/mol. The first-order valence-electron chi connectivity index (χ1n) is 5.61. The van der Waals surface area contributed by atoms with Gasteiger partial charge >= 0.3 is 0 Å². The summed E-state index contributed by atoms with van der Waals surface area (Å²) >= 11 is 1.82. The average molecular weight is 225 g/mol. The predicted molar refractivity (Wildman–Crippen MR) is 64.2 cm³/mol. The Kier molecular flexibility index (Phi) is 3.72. The largest absolute Gasteiger partial charge is 0.313 e. The first kappa shape index (κ1) is 11.0. The van der Waals surface area contributed by atoms with Gasteiger partial charge in [-0.05, 0) is 33.4 Å². The molecule has 1 aliphatic rings. The zero-order valence-electron chi connectivity index (χ0n) is 9.49. The van der Waals surface area contributed by atoms with Crippen LogP contribution in [-0.2, 0) is 6.54 Å². The predicted octanol–water partition coefficient (Wildman–Crippen LogP) is 1.64. The van der Waals surface area contributed by atoms with Crippen molar-refractivity contribution >= 4 is 11.3 Å². The van der Waals surface area contributed by atoms with Gasteiger partial charge in [-0.2, -0.15) is 0 Å². The normalized spacial score (nSPS) is 24.0. The van der Waals surface area contributed by atoms with Crippen molar-refractivity contribution in [2.24, 2.45) is 0 Å². The summed E-state index contributed by atoms with van der Waals surface area (Å²) in [4.78, 5) is 8.24. The van der Waals surface area contributed by atoms with Gasteiger partial charge in [0, 0.05) is 23.7 Å². The van der Waals surface area contributed by atoms with Crippen molar-refractivity contribution in [3.8, 4) is 0 Å². The molecule has 0 bridgehead atoms. The second kappa shape index (κ2) is 5.05. The molecule has 0 radical (unpaired) electrons. The Labute approximate surface area is 95.5 Å². The summed E-state index contributed by atoms with van der Waals surface area (Å²) in [6.07, 6.45) is 3.22. The topological polar surface area (TPSA) is 28.2 Å². The van der Waals surface area contributed by atoms with E-state index in [4.69, 9.17) is 0 Å². The second-order valence-electron chi connectivity index (χ2n) is 4.31. The molecule has 2 heterocycles. The lowest BCUT2D eigenvalue weighted by Crippen LogP contribution is -2.34. The smallest absolute Gasteiger partial charge is 0.107 e. The van der Waals surface area contributed by atoms with Crippen molar-refractivity contribution in [1.29, 1.82) is 0 Å². The zero-order chi connectivity index (χ0) is 10.7. The maximum absolute atomic E-state index is 4.42. The SMILES string of the molecule is Cc1cnc(CN2CCCNC(C)C2)s1. The lowest BCUT2D eigenvalue weighted by Gasteiger charge is -2.20. The molecule has 0 aliphatic carbocycles. The molecule has 1 saturated heterocycles. The van der Waals surface area contributed by atoms with Gasteiger partial charge in [0.2, 0.25) is 0 Å². The summed E-state index contributed by atoms with van der Waals surface area (Å²) in [6, 6.07) is 0.605. The summed E-state index contributed by atoms with van der Waals surface area (Å²) in [5.41, 5.74) is 0. The highest BCUT2D eigenvalue weighted by molar-refractivity contribution is 7.11. The number of rotatable bonds is 2. The molecular formula is C11H19N3S. The van der Waals surface area contributed by atoms with Gasteiger partial charge in [0.1, 0.15) is 5.01 Å². The van der Waals surface area contributed by atoms with Crippen molar-refractivity contribution in [1.82, 2.24) is 15.2 Å². The van der Waals surface area contributed by atoms with Gasteiger partial charge in [0.25, 0.3) is 0 Å². The van der Waals surface area contributed by atoms with Gasteiger partial charge < -0.3 is 5.32 Å². The van der Waals surface area contributed by atoms with E-state index in [1.807, 2.05) is 17.5 Å². The number of aryl methyl sites for hydroxylation is 1. The second-order valence-corrected chi connectivity index (χ2v) is 5.63. The number of aromatic nitrogens is 1. The van der Waals surface area contributed by atoms with E-state index < -0.39 is 0 Å². The minimum Gasteiger partial charge on any atom is -0.313 e. The zero-order valence-corrected chi connectivity index (χ0v) is 10.3. The van der Waals surface area contributed by atoms with Gasteiger partial charge in [-0.15, -0.1) is 11.3 Å². The van der Waals surface area contributed by atoms with Crippen molar-refractivity contribution in [2.75, 3.05) is 19.6 Å². The molecule has 15 heavy (non-hydrogen) atoms. The molecule has 0 saturated carbocycles. The first-order chi connectivity index (χ1) is 7.24. The molecule has 1 aliphatic heterocycles. The molecule has 3 nitrogen and oxygen atoms in total. The molecule has 1 fully saturated rings. The van der Waals surface area contributed by atoms with Gasteiger partial charge in [0.15, 0.2) is 0 Å². The third kappa shape index (κ3) is 3.26. The highest BCUT2D eigenvalue weighted by atomic mass is 32.1. The maximum Gasteiger partial charge on any atom is 0.107 e. The molecule has 84 valence electrons. The minimum atomic E-state index is 0.605. The Balaban J connectivity index is 1.92. The number of nitrogens with zero attached hydrogens (tertiary/aromatic N) is 2. The van der Waals surface area contributed by atoms with Crippen molar-refractivity contribution in [2.45, 2.75) is 32.9 Å². The van der Waals surface area contributed by atoms with Crippen LogP contribution in [-0.4, -0.2) is 35.6 Å². The standard InChI is InChI=1S/C11H19N3S/c1-9-7-14(5-3-4-12-9)8-11-13-6-10(2)15-11/h6,9,12H,3-5,7-8H2,1-2H3. The Bertz CT molecular complexity index is 311. The molecule has 0 spiro atoms. The molecule has 1 N–H and O–H groups in total. The van der Waals surface area contributed by atoms with Crippen LogP contribution in [0.3, 0.4) is 0 Å². The highest BCUT2D eigenvalue weighted by Crippen LogP contribution is 2.14. The maximum atomic E-state index is 4.42. The van der Waals surface area contributed by atoms with Gasteiger partial charge in [-0.25, -0.2) is 4.98 Å². The van der Waals surface area contributed by atoms with Gasteiger partial charge in [-0.1, -0.05) is 0 Å². The summed E-state index contributed by atoms with van der Waals surface area (Å²) in [6.45, 7) is 8.87. The first-order valence-corrected chi connectivity index (χ1v) is 6.43. The molecule has 0 aromatic carbocycles. The van der Waals surface area contributed by atoms with Crippen LogP contribution in [0, 0.1) is 6.92 Å². The third-order valence-electron chi connectivity index (χ3n) is 2.70. The van der Waals surface area contributed by atoms with E-state index in [0.29, 0.717) is 6.04 Å². The molecule has 1 aromatic heterocycles. The number of thiazole rings is 1. The number of nitrogens with one attached hydrogen (secondary N) is 1. The van der Waals surface area contributed by atoms with Crippen LogP contribution in [0.15, 0.2) is 6.20 Å². The quantitative estimate of drug-likeness (QED) is 0.829. The fraction of sp³-hybridized carbons (Fsp3) is 0.727. The van der Waals surface area contributed by atoms with Crippen LogP contribution in [0.5, 0.6) is 0 Å². The van der Waals surface area contributed by atoms with Gasteiger partial charge in [0.05, 0.1) is 6.54 Å². The van der Waals surface area contributed by atoms with E-state index in [0.717, 1.165) is 19.6 Å². The Morgan fingerprint density at radius 3 is 3.27 bits per heavy atom. The number of hydrogen-bond donors (Lipinski definition) is 1. The summed E-state index contributed by atoms with van der Waals surface area (Å²) in [5, 5.41) is 4.76. The summed E-state index contributed by atoms with van der Waals surface area (Å²) in [5.74, 6) is 0. The molecular weight excluding hydrogens is 206 g/mol. The van der Waals surface area contributed by atoms with Crippen LogP contribution >= 0.6 is 11.3 Å². The average Bonchev–Trinajstić information content (AvgIpc) is 2.46. The van der Waals surface area contributed by atoms with Crippen molar-refractivity contribution < 1.29 is 0 Å². The third-order valence-corrected chi connectivity index (χ3v) is 3.60. The van der Waals surface area contributed by atoms with E-state index in [-0.39, 0.29) is 0 Å². The Hall–Kier alpha value is -0.450. The molecule has 1 aromatic rings. The number of hydrogen-bond acceptors (Lipinski definition) is 4. The van der Waals surface area contributed by atoms with E-state index in [1.165, 1.54) is 22.9 Å². The van der Waals surface area contributed by atoms with Crippen LogP contribution < -0.4 is 5.32 Å². The highest BCUT2D eigenvalue weighted by Gasteiger charge is 2.15. The van der Waals surface area contributed by atoms with Gasteiger partial charge in [-0.3, -0.25) is 4.90 Å². The van der Waals surface area contributed by atoms with Crippen LogP contribution in [0.25, 0.3) is 0 Å². The van der Waals surface area contributed by atoms with E-state index in [2.05, 4.69) is 29.0 Å². The van der Waals surface area contributed by atoms with E-state index in [1.54, 1.807) is 0 Å². The minimum absolute atomic E-state index is 0.605. The molecule has 1 atom stereocenters. The Morgan fingerprint density at radius 2 is 2.53 bits per heavy atom. The summed E-state index contributed by atoms with van der Waals surface area (Å²) < 4.78 is 0. The lowest BCUT2D eigenvalue weighted by atomic mass is 10.3.